The van der Waals surface area contributed by atoms with Gasteiger partial charge in [-0.2, -0.15) is 9.29 Å². The van der Waals surface area contributed by atoms with Crippen molar-refractivity contribution in [1.29, 1.82) is 0 Å². The first kappa shape index (κ1) is 21.7. The van der Waals surface area contributed by atoms with Crippen molar-refractivity contribution in [1.82, 2.24) is 19.0 Å². The maximum absolute atomic E-state index is 13.1. The summed E-state index contributed by atoms with van der Waals surface area (Å²) in [5, 5.41) is 4.37. The van der Waals surface area contributed by atoms with Crippen molar-refractivity contribution >= 4 is 43.2 Å². The van der Waals surface area contributed by atoms with Gasteiger partial charge in [0.2, 0.25) is 21.7 Å². The van der Waals surface area contributed by atoms with Gasteiger partial charge in [-0.15, -0.1) is 0 Å². The van der Waals surface area contributed by atoms with Crippen LogP contribution in [0, 0.1) is 0 Å². The first-order valence-corrected chi connectivity index (χ1v) is 12.1. The lowest BCUT2D eigenvalue weighted by atomic mass is 10.2. The number of hydrogen-bond donors (Lipinski definition) is 0. The number of aryl methyl sites for hydroxylation is 1. The average molecular weight is 479 g/mol. The van der Waals surface area contributed by atoms with Gasteiger partial charge in [-0.3, -0.25) is 9.36 Å². The Morgan fingerprint density at radius 1 is 1.23 bits per heavy atom. The zero-order chi connectivity index (χ0) is 22.2. The SMILES string of the molecule is CCCn1c(=O)sc2cc(S(=O)(=O)N(C)Cc3nc(-c4ccccc4Cl)no3)ccc21. The summed E-state index contributed by atoms with van der Waals surface area (Å²) in [6, 6.07) is 11.8. The zero-order valence-electron chi connectivity index (χ0n) is 16.8. The van der Waals surface area contributed by atoms with Gasteiger partial charge >= 0.3 is 4.87 Å². The van der Waals surface area contributed by atoms with Gasteiger partial charge in [0.15, 0.2) is 0 Å². The average Bonchev–Trinajstić information content (AvgIpc) is 3.32. The number of fused-ring (bicyclic) bond motifs is 1. The minimum atomic E-state index is -3.83. The molecule has 162 valence electrons. The van der Waals surface area contributed by atoms with Crippen LogP contribution in [-0.4, -0.2) is 34.5 Å². The summed E-state index contributed by atoms with van der Waals surface area (Å²) >= 11 is 7.19. The van der Waals surface area contributed by atoms with Crippen molar-refractivity contribution < 1.29 is 12.9 Å². The largest absolute Gasteiger partial charge is 0.338 e. The molecule has 31 heavy (non-hydrogen) atoms. The minimum absolute atomic E-state index is 0.0956. The molecule has 0 bridgehead atoms. The molecule has 0 fully saturated rings. The highest BCUT2D eigenvalue weighted by Crippen LogP contribution is 2.27. The fraction of sp³-hybridized carbons (Fsp3) is 0.250. The van der Waals surface area contributed by atoms with Gasteiger partial charge in [-0.25, -0.2) is 8.42 Å². The molecule has 0 amide bonds. The van der Waals surface area contributed by atoms with E-state index < -0.39 is 10.0 Å². The molecule has 0 unspecified atom stereocenters. The number of rotatable bonds is 7. The Morgan fingerprint density at radius 2 is 2.00 bits per heavy atom. The van der Waals surface area contributed by atoms with E-state index in [0.29, 0.717) is 21.8 Å². The number of thiazole rings is 1. The molecule has 11 heteroatoms. The summed E-state index contributed by atoms with van der Waals surface area (Å²) in [4.78, 5) is 16.5. The summed E-state index contributed by atoms with van der Waals surface area (Å²) in [7, 11) is -2.40. The Balaban J connectivity index is 1.59. The van der Waals surface area contributed by atoms with Crippen molar-refractivity contribution in [2.45, 2.75) is 31.3 Å². The number of nitrogens with zero attached hydrogens (tertiary/aromatic N) is 4. The van der Waals surface area contributed by atoms with Gasteiger partial charge in [0.05, 0.1) is 26.7 Å². The van der Waals surface area contributed by atoms with E-state index in [1.54, 1.807) is 34.9 Å². The Labute approximate surface area is 187 Å². The smallest absolute Gasteiger partial charge is 0.308 e. The highest BCUT2D eigenvalue weighted by molar-refractivity contribution is 7.89. The Morgan fingerprint density at radius 3 is 2.74 bits per heavy atom. The van der Waals surface area contributed by atoms with E-state index in [1.807, 2.05) is 6.92 Å². The van der Waals surface area contributed by atoms with E-state index in [-0.39, 0.29) is 28.0 Å². The lowest BCUT2D eigenvalue weighted by molar-refractivity contribution is 0.337. The van der Waals surface area contributed by atoms with Crippen LogP contribution in [-0.2, 0) is 23.1 Å². The highest BCUT2D eigenvalue weighted by Gasteiger charge is 2.24. The molecule has 0 saturated carbocycles. The first-order chi connectivity index (χ1) is 14.8. The predicted octanol–water partition coefficient (Wildman–Crippen LogP) is 4.00. The van der Waals surface area contributed by atoms with Gasteiger partial charge < -0.3 is 4.52 Å². The molecule has 2 aromatic carbocycles. The number of benzene rings is 2. The van der Waals surface area contributed by atoms with Crippen LogP contribution in [0.15, 0.2) is 56.7 Å². The molecular weight excluding hydrogens is 460 g/mol. The third kappa shape index (κ3) is 4.16. The van der Waals surface area contributed by atoms with Gasteiger partial charge in [-0.05, 0) is 36.8 Å². The third-order valence-electron chi connectivity index (χ3n) is 4.74. The monoisotopic (exact) mass is 478 g/mol. The molecular formula is C20H19ClN4O4S2. The fourth-order valence-corrected chi connectivity index (χ4v) is 5.57. The molecule has 0 aliphatic carbocycles. The van der Waals surface area contributed by atoms with Crippen LogP contribution in [0.1, 0.15) is 19.2 Å². The topological polar surface area (TPSA) is 98.3 Å². The number of sulfonamides is 1. The van der Waals surface area contributed by atoms with Crippen LogP contribution >= 0.6 is 22.9 Å². The van der Waals surface area contributed by atoms with Crippen LogP contribution in [0.25, 0.3) is 21.6 Å². The van der Waals surface area contributed by atoms with E-state index in [4.69, 9.17) is 16.1 Å². The molecule has 2 heterocycles. The van der Waals surface area contributed by atoms with E-state index >= 15 is 0 Å². The fourth-order valence-electron chi connectivity index (χ4n) is 3.17. The Kier molecular flexibility index (Phi) is 5.98. The number of hydrogen-bond acceptors (Lipinski definition) is 7. The predicted molar refractivity (Wildman–Crippen MR) is 120 cm³/mol. The van der Waals surface area contributed by atoms with Gasteiger partial charge in [0, 0.05) is 19.2 Å². The van der Waals surface area contributed by atoms with E-state index in [2.05, 4.69) is 10.1 Å². The number of halogens is 1. The second kappa shape index (κ2) is 8.54. The highest BCUT2D eigenvalue weighted by atomic mass is 35.5. The Bertz CT molecular complexity index is 1410. The van der Waals surface area contributed by atoms with Crippen LogP contribution in [0.2, 0.25) is 5.02 Å². The van der Waals surface area contributed by atoms with Gasteiger partial charge in [0.25, 0.3) is 0 Å². The second-order valence-electron chi connectivity index (χ2n) is 6.90. The molecule has 0 aliphatic rings. The van der Waals surface area contributed by atoms with Crippen LogP contribution < -0.4 is 4.87 Å². The second-order valence-corrected chi connectivity index (χ2v) is 10.3. The zero-order valence-corrected chi connectivity index (χ0v) is 19.2. The molecule has 4 aromatic rings. The van der Waals surface area contributed by atoms with E-state index in [0.717, 1.165) is 27.6 Å². The lowest BCUT2D eigenvalue weighted by Gasteiger charge is -2.15. The van der Waals surface area contributed by atoms with Crippen molar-refractivity contribution in [2.24, 2.45) is 0 Å². The molecule has 4 rings (SSSR count). The normalized spacial score (nSPS) is 12.1. The summed E-state index contributed by atoms with van der Waals surface area (Å²) < 4.78 is 34.8. The van der Waals surface area contributed by atoms with Crippen molar-refractivity contribution in [3.8, 4) is 11.4 Å². The van der Waals surface area contributed by atoms with Crippen molar-refractivity contribution in [3.63, 3.8) is 0 Å². The maximum atomic E-state index is 13.1. The van der Waals surface area contributed by atoms with Crippen LogP contribution in [0.4, 0.5) is 0 Å². The standard InChI is InChI=1S/C20H19ClN4O4S2/c1-3-10-25-16-9-8-13(11-17(16)30-20(25)26)31(27,28)24(2)12-18-22-19(23-29-18)14-6-4-5-7-15(14)21/h4-9,11H,3,10,12H2,1-2H3. The van der Waals surface area contributed by atoms with Crippen molar-refractivity contribution in [3.05, 3.63) is 63.0 Å². The van der Waals surface area contributed by atoms with Crippen molar-refractivity contribution in [2.75, 3.05) is 7.05 Å². The van der Waals surface area contributed by atoms with Crippen LogP contribution in [0.5, 0.6) is 0 Å². The van der Waals surface area contributed by atoms with E-state index in [9.17, 15) is 13.2 Å². The molecule has 0 saturated heterocycles. The molecule has 2 aromatic heterocycles. The van der Waals surface area contributed by atoms with Gasteiger partial charge in [0.1, 0.15) is 0 Å². The summed E-state index contributed by atoms with van der Waals surface area (Å²) in [6.45, 7) is 2.47. The Hall–Kier alpha value is -2.53. The minimum Gasteiger partial charge on any atom is -0.338 e. The molecule has 0 radical (unpaired) electrons. The molecule has 0 atom stereocenters. The maximum Gasteiger partial charge on any atom is 0.308 e. The van der Waals surface area contributed by atoms with Gasteiger partial charge in [-0.1, -0.05) is 47.2 Å². The molecule has 0 aliphatic heterocycles. The lowest BCUT2D eigenvalue weighted by Crippen LogP contribution is -2.26. The summed E-state index contributed by atoms with van der Waals surface area (Å²) in [6.07, 6.45) is 0.814. The number of aromatic nitrogens is 3. The molecule has 8 nitrogen and oxygen atoms in total. The summed E-state index contributed by atoms with van der Waals surface area (Å²) in [5.74, 6) is 0.427. The van der Waals surface area contributed by atoms with Crippen LogP contribution in [0.3, 0.4) is 0 Å². The molecule has 0 spiro atoms. The quantitative estimate of drug-likeness (QED) is 0.398. The third-order valence-corrected chi connectivity index (χ3v) is 7.81. The first-order valence-electron chi connectivity index (χ1n) is 9.48. The molecule has 0 N–H and O–H groups in total. The van der Waals surface area contributed by atoms with E-state index in [1.165, 1.54) is 19.2 Å². The summed E-state index contributed by atoms with van der Waals surface area (Å²) in [5.41, 5.74) is 1.33.